The number of nitrogens with one attached hydrogen (secondary N) is 1. The van der Waals surface area contributed by atoms with Crippen molar-refractivity contribution in [1.29, 1.82) is 0 Å². The number of sulfonamides is 1. The number of rotatable bonds is 7. The van der Waals surface area contributed by atoms with Gasteiger partial charge in [0.1, 0.15) is 10.6 Å². The van der Waals surface area contributed by atoms with Gasteiger partial charge < -0.3 is 4.74 Å². The van der Waals surface area contributed by atoms with Crippen molar-refractivity contribution < 1.29 is 35.1 Å². The molecule has 6 nitrogen and oxygen atoms in total. The third-order valence-corrected chi connectivity index (χ3v) is 8.33. The smallest absolute Gasteiger partial charge is 0.416 e. The van der Waals surface area contributed by atoms with Crippen LogP contribution < -0.4 is 9.46 Å². The van der Waals surface area contributed by atoms with Crippen molar-refractivity contribution in [3.05, 3.63) is 63.8 Å². The number of alkyl halides is 3. The maximum Gasteiger partial charge on any atom is 0.416 e. The molecule has 0 radical (unpaired) electrons. The second kappa shape index (κ2) is 9.91. The summed E-state index contributed by atoms with van der Waals surface area (Å²) in [6.07, 6.45) is -1.86. The van der Waals surface area contributed by atoms with E-state index in [2.05, 4.69) is 25.8 Å². The molecular formula is C25H25BrF5N3O3S. The number of nitrogens with zero attached hydrogens (tertiary/aromatic N) is 2. The van der Waals surface area contributed by atoms with E-state index in [-0.39, 0.29) is 16.0 Å². The first-order valence-electron chi connectivity index (χ1n) is 11.6. The third kappa shape index (κ3) is 5.59. The summed E-state index contributed by atoms with van der Waals surface area (Å²) in [4.78, 5) is -0.461. The van der Waals surface area contributed by atoms with Gasteiger partial charge in [0.2, 0.25) is 10.0 Å². The van der Waals surface area contributed by atoms with Gasteiger partial charge in [0.25, 0.3) is 0 Å². The standard InChI is InChI=1S/C25H25BrF5N3O3S/c1-24(2,3)34-23(15-10-18(27)19(28)11-17(15)26)16(12-32-34)22(13-5-6-13)33-38(35,36)21-8-7-14(25(29,30)31)9-20(21)37-4/h7-13,22,33H,5-6H2,1-4H3/t22-/m1/s1. The van der Waals surface area contributed by atoms with Gasteiger partial charge >= 0.3 is 6.18 Å². The van der Waals surface area contributed by atoms with Gasteiger partial charge in [0.15, 0.2) is 11.6 Å². The Balaban J connectivity index is 1.85. The van der Waals surface area contributed by atoms with Crippen LogP contribution in [0.5, 0.6) is 5.75 Å². The fraction of sp³-hybridized carbons (Fsp3) is 0.400. The summed E-state index contributed by atoms with van der Waals surface area (Å²) in [7, 11) is -3.31. The second-order valence-electron chi connectivity index (χ2n) is 10.1. The lowest BCUT2D eigenvalue weighted by molar-refractivity contribution is -0.137. The Morgan fingerprint density at radius 2 is 1.74 bits per heavy atom. The topological polar surface area (TPSA) is 73.2 Å². The van der Waals surface area contributed by atoms with Crippen molar-refractivity contribution in [1.82, 2.24) is 14.5 Å². The number of hydrogen-bond donors (Lipinski definition) is 1. The van der Waals surface area contributed by atoms with E-state index in [1.165, 1.54) is 6.20 Å². The normalized spacial score (nSPS) is 15.5. The lowest BCUT2D eigenvalue weighted by Gasteiger charge is -2.26. The second-order valence-corrected chi connectivity index (χ2v) is 12.6. The molecule has 1 fully saturated rings. The highest BCUT2D eigenvalue weighted by molar-refractivity contribution is 9.10. The van der Waals surface area contributed by atoms with Crippen LogP contribution in [-0.4, -0.2) is 25.3 Å². The fourth-order valence-corrected chi connectivity index (χ4v) is 6.15. The zero-order chi connectivity index (χ0) is 28.2. The van der Waals surface area contributed by atoms with Gasteiger partial charge in [-0.05, 0) is 85.8 Å². The number of benzene rings is 2. The molecule has 1 heterocycles. The molecule has 0 saturated heterocycles. The molecular weight excluding hydrogens is 597 g/mol. The van der Waals surface area contributed by atoms with E-state index in [9.17, 15) is 30.4 Å². The van der Waals surface area contributed by atoms with E-state index in [0.29, 0.717) is 36.2 Å². The van der Waals surface area contributed by atoms with Gasteiger partial charge in [-0.2, -0.15) is 18.3 Å². The minimum atomic E-state index is -4.69. The molecule has 206 valence electrons. The van der Waals surface area contributed by atoms with E-state index in [1.807, 2.05) is 20.8 Å². The number of ether oxygens (including phenoxy) is 1. The number of hydrogen-bond acceptors (Lipinski definition) is 4. The molecule has 1 saturated carbocycles. The number of methoxy groups -OCH3 is 1. The molecule has 0 unspecified atom stereocenters. The Labute approximate surface area is 225 Å². The lowest BCUT2D eigenvalue weighted by atomic mass is 9.98. The van der Waals surface area contributed by atoms with E-state index in [1.54, 1.807) is 4.68 Å². The monoisotopic (exact) mass is 621 g/mol. The fourth-order valence-electron chi connectivity index (χ4n) is 4.21. The molecule has 0 bridgehead atoms. The minimum Gasteiger partial charge on any atom is -0.495 e. The maximum atomic E-state index is 14.3. The van der Waals surface area contributed by atoms with Crippen LogP contribution >= 0.6 is 15.9 Å². The van der Waals surface area contributed by atoms with Crippen molar-refractivity contribution in [2.45, 2.75) is 56.3 Å². The third-order valence-electron chi connectivity index (χ3n) is 6.19. The van der Waals surface area contributed by atoms with Crippen LogP contribution in [0.2, 0.25) is 0 Å². The molecule has 38 heavy (non-hydrogen) atoms. The Kier molecular flexibility index (Phi) is 7.43. The Morgan fingerprint density at radius 1 is 1.11 bits per heavy atom. The summed E-state index contributed by atoms with van der Waals surface area (Å²) in [5.74, 6) is -2.76. The van der Waals surface area contributed by atoms with Crippen molar-refractivity contribution in [3.63, 3.8) is 0 Å². The van der Waals surface area contributed by atoms with Gasteiger partial charge in [-0.1, -0.05) is 0 Å². The summed E-state index contributed by atoms with van der Waals surface area (Å²) >= 11 is 3.28. The predicted octanol–water partition coefficient (Wildman–Crippen LogP) is 6.80. The maximum absolute atomic E-state index is 14.3. The molecule has 13 heteroatoms. The quantitative estimate of drug-likeness (QED) is 0.232. The number of halogens is 6. The van der Waals surface area contributed by atoms with E-state index >= 15 is 0 Å². The van der Waals surface area contributed by atoms with Crippen LogP contribution in [0.15, 0.2) is 45.9 Å². The van der Waals surface area contributed by atoms with E-state index < -0.39 is 55.6 Å². The van der Waals surface area contributed by atoms with Crippen molar-refractivity contribution in [3.8, 4) is 17.0 Å². The Bertz CT molecular complexity index is 1480. The molecule has 4 rings (SSSR count). The number of aromatic nitrogens is 2. The summed E-state index contributed by atoms with van der Waals surface area (Å²) in [5, 5.41) is 4.46. The van der Waals surface area contributed by atoms with Gasteiger partial charge in [-0.15, -0.1) is 0 Å². The molecule has 1 atom stereocenters. The van der Waals surface area contributed by atoms with E-state index in [0.717, 1.165) is 25.3 Å². The lowest BCUT2D eigenvalue weighted by Crippen LogP contribution is -2.31. The van der Waals surface area contributed by atoms with Crippen molar-refractivity contribution >= 4 is 26.0 Å². The molecule has 1 aliphatic rings. The minimum absolute atomic E-state index is 0.148. The van der Waals surface area contributed by atoms with Crippen LogP contribution in [0.4, 0.5) is 22.0 Å². The average molecular weight is 622 g/mol. The van der Waals surface area contributed by atoms with Gasteiger partial charge in [0.05, 0.1) is 36.1 Å². The first-order chi connectivity index (χ1) is 17.5. The van der Waals surface area contributed by atoms with Crippen LogP contribution in [-0.2, 0) is 21.7 Å². The van der Waals surface area contributed by atoms with Crippen molar-refractivity contribution in [2.75, 3.05) is 7.11 Å². The highest BCUT2D eigenvalue weighted by Gasteiger charge is 2.40. The molecule has 1 aromatic heterocycles. The highest BCUT2D eigenvalue weighted by Crippen LogP contribution is 2.47. The molecule has 3 aromatic rings. The van der Waals surface area contributed by atoms with Gasteiger partial charge in [-0.3, -0.25) is 4.68 Å². The zero-order valence-corrected chi connectivity index (χ0v) is 23.2. The summed E-state index contributed by atoms with van der Waals surface area (Å²) in [5.41, 5.74) is -0.611. The largest absolute Gasteiger partial charge is 0.495 e. The van der Waals surface area contributed by atoms with Crippen LogP contribution in [0.3, 0.4) is 0 Å². The van der Waals surface area contributed by atoms with Gasteiger partial charge in [-0.25, -0.2) is 21.9 Å². The zero-order valence-electron chi connectivity index (χ0n) is 20.8. The summed E-state index contributed by atoms with van der Waals surface area (Å²) < 4.78 is 104. The average Bonchev–Trinajstić information content (AvgIpc) is 3.56. The van der Waals surface area contributed by atoms with Gasteiger partial charge in [0, 0.05) is 15.6 Å². The Hall–Kier alpha value is -2.51. The molecule has 1 N–H and O–H groups in total. The molecule has 0 amide bonds. The van der Waals surface area contributed by atoms with E-state index in [4.69, 9.17) is 4.74 Å². The summed E-state index contributed by atoms with van der Waals surface area (Å²) in [6, 6.07) is 3.29. The first-order valence-corrected chi connectivity index (χ1v) is 13.8. The first kappa shape index (κ1) is 28.5. The Morgan fingerprint density at radius 3 is 2.29 bits per heavy atom. The molecule has 1 aliphatic carbocycles. The predicted molar refractivity (Wildman–Crippen MR) is 134 cm³/mol. The molecule has 2 aromatic carbocycles. The molecule has 0 aliphatic heterocycles. The van der Waals surface area contributed by atoms with Crippen molar-refractivity contribution in [2.24, 2.45) is 5.92 Å². The van der Waals surface area contributed by atoms with Crippen LogP contribution in [0.1, 0.15) is 50.8 Å². The highest BCUT2D eigenvalue weighted by atomic mass is 79.9. The van der Waals surface area contributed by atoms with Crippen LogP contribution in [0.25, 0.3) is 11.3 Å². The van der Waals surface area contributed by atoms with Crippen LogP contribution in [0, 0.1) is 17.6 Å². The summed E-state index contributed by atoms with van der Waals surface area (Å²) in [6.45, 7) is 5.55. The SMILES string of the molecule is COc1cc(C(F)(F)F)ccc1S(=O)(=O)N[C@@H](c1cnn(C(C)(C)C)c1-c1cc(F)c(F)cc1Br)C1CC1. The molecule has 0 spiro atoms.